The fraction of sp³-hybridized carbons (Fsp3) is 0.688. The van der Waals surface area contributed by atoms with E-state index in [4.69, 9.17) is 15.2 Å². The highest BCUT2D eigenvalue weighted by Gasteiger charge is 2.71. The maximum absolute atomic E-state index is 9.97. The second kappa shape index (κ2) is 4.44. The monoisotopic (exact) mass is 331 g/mol. The maximum atomic E-state index is 9.97. The predicted molar refractivity (Wildman–Crippen MR) is 84.8 cm³/mol. The second-order valence-corrected chi connectivity index (χ2v) is 7.55. The highest BCUT2D eigenvalue weighted by molar-refractivity contribution is 5.81. The summed E-state index contributed by atoms with van der Waals surface area (Å²) in [6.07, 6.45) is 4.99. The average Bonchev–Trinajstić information content (AvgIpc) is 3.11. The van der Waals surface area contributed by atoms with E-state index < -0.39 is 5.79 Å². The summed E-state index contributed by atoms with van der Waals surface area (Å²) in [5.74, 6) is 0.0632. The predicted octanol–water partition coefficient (Wildman–Crippen LogP) is 0.656. The van der Waals surface area contributed by atoms with Crippen molar-refractivity contribution >= 4 is 17.0 Å². The molecule has 2 aromatic rings. The van der Waals surface area contributed by atoms with Gasteiger partial charge < -0.3 is 24.9 Å². The Morgan fingerprint density at radius 2 is 2.17 bits per heavy atom. The number of aliphatic hydroxyl groups excluding tert-OH is 1. The SMILES string of the molecule is CC1(C)O[C@@H]2C(CO)[C@@H]3CC[C@]3(n3cnc4c(N)ncnc43)[C@@H]2O1. The number of fused-ring (bicyclic) bond motifs is 4. The van der Waals surface area contributed by atoms with Crippen LogP contribution in [0.4, 0.5) is 5.82 Å². The Morgan fingerprint density at radius 3 is 2.88 bits per heavy atom. The van der Waals surface area contributed by atoms with E-state index in [1.54, 1.807) is 6.33 Å². The van der Waals surface area contributed by atoms with Crippen molar-refractivity contribution in [2.75, 3.05) is 12.3 Å². The van der Waals surface area contributed by atoms with Crippen molar-refractivity contribution < 1.29 is 14.6 Å². The minimum absolute atomic E-state index is 0.0576. The lowest BCUT2D eigenvalue weighted by Crippen LogP contribution is -2.55. The van der Waals surface area contributed by atoms with E-state index >= 15 is 0 Å². The van der Waals surface area contributed by atoms with Gasteiger partial charge in [-0.2, -0.15) is 0 Å². The van der Waals surface area contributed by atoms with E-state index in [0.29, 0.717) is 11.3 Å². The number of nitrogen functional groups attached to an aromatic ring is 1. The largest absolute Gasteiger partial charge is 0.396 e. The topological polar surface area (TPSA) is 108 Å². The molecule has 0 bridgehead atoms. The zero-order chi connectivity index (χ0) is 16.7. The third-order valence-electron chi connectivity index (χ3n) is 6.08. The molecule has 1 unspecified atom stereocenters. The Morgan fingerprint density at radius 1 is 1.33 bits per heavy atom. The van der Waals surface area contributed by atoms with Crippen LogP contribution in [0.3, 0.4) is 0 Å². The zero-order valence-electron chi connectivity index (χ0n) is 13.7. The van der Waals surface area contributed by atoms with Crippen LogP contribution in [0, 0.1) is 11.8 Å². The molecular formula is C16H21N5O3. The number of hydrogen-bond acceptors (Lipinski definition) is 7. The molecule has 24 heavy (non-hydrogen) atoms. The van der Waals surface area contributed by atoms with Crippen molar-refractivity contribution in [2.24, 2.45) is 11.8 Å². The number of hydrogen-bond donors (Lipinski definition) is 2. The molecule has 3 fully saturated rings. The number of ether oxygens (including phenoxy) is 2. The third kappa shape index (κ3) is 1.56. The first kappa shape index (κ1) is 14.6. The van der Waals surface area contributed by atoms with E-state index in [-0.39, 0.29) is 36.2 Å². The summed E-state index contributed by atoms with van der Waals surface area (Å²) in [6.45, 7) is 3.94. The number of imidazole rings is 1. The van der Waals surface area contributed by atoms with Crippen LogP contribution in [0.15, 0.2) is 12.7 Å². The number of aliphatic hydroxyl groups is 1. The van der Waals surface area contributed by atoms with Gasteiger partial charge in [-0.1, -0.05) is 0 Å². The molecule has 5 rings (SSSR count). The van der Waals surface area contributed by atoms with Gasteiger partial charge in [-0.25, -0.2) is 15.0 Å². The molecule has 0 spiro atoms. The highest BCUT2D eigenvalue weighted by Crippen LogP contribution is 2.63. The van der Waals surface area contributed by atoms with Gasteiger partial charge in [0.2, 0.25) is 0 Å². The molecule has 5 atom stereocenters. The first-order valence-electron chi connectivity index (χ1n) is 8.38. The van der Waals surface area contributed by atoms with Gasteiger partial charge >= 0.3 is 0 Å². The van der Waals surface area contributed by atoms with Crippen molar-refractivity contribution in [3.05, 3.63) is 12.7 Å². The molecule has 3 N–H and O–H groups in total. The van der Waals surface area contributed by atoms with E-state index in [2.05, 4.69) is 19.5 Å². The van der Waals surface area contributed by atoms with Gasteiger partial charge in [-0.3, -0.25) is 0 Å². The quantitative estimate of drug-likeness (QED) is 0.832. The van der Waals surface area contributed by atoms with Crippen molar-refractivity contribution in [1.29, 1.82) is 0 Å². The Bertz CT molecular complexity index is 821. The first-order chi connectivity index (χ1) is 11.5. The maximum Gasteiger partial charge on any atom is 0.166 e. The standard InChI is InChI=1S/C16H21N5O3/c1-15(2)23-11-8(5-22)9-3-4-16(9,12(11)24-15)21-7-20-10-13(17)18-6-19-14(10)21/h6-9,11-12,22H,3-5H2,1-2H3,(H2,17,18,19)/t8?,9-,11+,12+,16+/m0/s1. The van der Waals surface area contributed by atoms with Crippen molar-refractivity contribution in [3.8, 4) is 0 Å². The van der Waals surface area contributed by atoms with E-state index in [9.17, 15) is 5.11 Å². The summed E-state index contributed by atoms with van der Waals surface area (Å²) < 4.78 is 14.5. The Balaban J connectivity index is 1.69. The molecule has 8 nitrogen and oxygen atoms in total. The molecule has 2 aromatic heterocycles. The molecule has 8 heteroatoms. The highest BCUT2D eigenvalue weighted by atomic mass is 16.8. The van der Waals surface area contributed by atoms with Gasteiger partial charge in [0.1, 0.15) is 17.9 Å². The van der Waals surface area contributed by atoms with Gasteiger partial charge in [-0.05, 0) is 32.6 Å². The number of aromatic nitrogens is 4. The fourth-order valence-corrected chi connectivity index (χ4v) is 5.09. The third-order valence-corrected chi connectivity index (χ3v) is 6.08. The van der Waals surface area contributed by atoms with Crippen LogP contribution >= 0.6 is 0 Å². The van der Waals surface area contributed by atoms with E-state index in [1.165, 1.54) is 6.33 Å². The molecule has 3 heterocycles. The Kier molecular flexibility index (Phi) is 2.69. The van der Waals surface area contributed by atoms with Gasteiger partial charge in [0, 0.05) is 12.5 Å². The summed E-state index contributed by atoms with van der Waals surface area (Å²) in [5.41, 5.74) is 6.99. The van der Waals surface area contributed by atoms with Crippen LogP contribution in [0.25, 0.3) is 11.2 Å². The lowest BCUT2D eigenvalue weighted by atomic mass is 9.65. The molecule has 0 radical (unpaired) electrons. The fourth-order valence-electron chi connectivity index (χ4n) is 5.09. The van der Waals surface area contributed by atoms with Crippen LogP contribution in [-0.2, 0) is 15.0 Å². The average molecular weight is 331 g/mol. The van der Waals surface area contributed by atoms with Gasteiger partial charge in [-0.15, -0.1) is 0 Å². The van der Waals surface area contributed by atoms with Crippen molar-refractivity contribution in [1.82, 2.24) is 19.5 Å². The molecule has 0 aromatic carbocycles. The molecule has 128 valence electrons. The van der Waals surface area contributed by atoms with Crippen LogP contribution in [0.2, 0.25) is 0 Å². The normalized spacial score (nSPS) is 39.6. The summed E-state index contributed by atoms with van der Waals surface area (Å²) in [7, 11) is 0. The van der Waals surface area contributed by atoms with Crippen LogP contribution < -0.4 is 5.73 Å². The molecule has 1 saturated heterocycles. The number of nitrogens with zero attached hydrogens (tertiary/aromatic N) is 4. The van der Waals surface area contributed by atoms with Crippen LogP contribution in [0.1, 0.15) is 26.7 Å². The van der Waals surface area contributed by atoms with E-state index in [0.717, 1.165) is 18.5 Å². The van der Waals surface area contributed by atoms with Crippen molar-refractivity contribution in [3.63, 3.8) is 0 Å². The minimum Gasteiger partial charge on any atom is -0.396 e. The molecule has 2 aliphatic carbocycles. The lowest BCUT2D eigenvalue weighted by molar-refractivity contribution is -0.190. The molecule has 0 amide bonds. The second-order valence-electron chi connectivity index (χ2n) is 7.55. The Hall–Kier alpha value is -1.77. The zero-order valence-corrected chi connectivity index (χ0v) is 13.7. The molecular weight excluding hydrogens is 310 g/mol. The summed E-state index contributed by atoms with van der Waals surface area (Å²) in [6, 6.07) is 0. The smallest absolute Gasteiger partial charge is 0.166 e. The van der Waals surface area contributed by atoms with Crippen molar-refractivity contribution in [2.45, 2.75) is 50.2 Å². The molecule has 3 aliphatic rings. The number of nitrogens with two attached hydrogens (primary N) is 1. The van der Waals surface area contributed by atoms with Gasteiger partial charge in [0.05, 0.1) is 18.0 Å². The Labute approximate surface area is 139 Å². The first-order valence-corrected chi connectivity index (χ1v) is 8.38. The number of rotatable bonds is 2. The lowest BCUT2D eigenvalue weighted by Gasteiger charge is -2.50. The van der Waals surface area contributed by atoms with Crippen LogP contribution in [0.5, 0.6) is 0 Å². The van der Waals surface area contributed by atoms with Gasteiger partial charge in [0.25, 0.3) is 0 Å². The molecule has 2 saturated carbocycles. The van der Waals surface area contributed by atoms with Crippen LogP contribution in [-0.4, -0.2) is 49.2 Å². The molecule has 1 aliphatic heterocycles. The van der Waals surface area contributed by atoms with E-state index in [1.807, 2.05) is 13.8 Å². The number of anilines is 1. The summed E-state index contributed by atoms with van der Waals surface area (Å²) in [4.78, 5) is 12.9. The van der Waals surface area contributed by atoms with Gasteiger partial charge in [0.15, 0.2) is 17.3 Å². The minimum atomic E-state index is -0.652. The summed E-state index contributed by atoms with van der Waals surface area (Å²) in [5, 5.41) is 9.97. The summed E-state index contributed by atoms with van der Waals surface area (Å²) >= 11 is 0.